The first kappa shape index (κ1) is 12.7. The maximum Gasteiger partial charge on any atom is 0.326 e. The van der Waals surface area contributed by atoms with Gasteiger partial charge in [0, 0.05) is 10.9 Å². The summed E-state index contributed by atoms with van der Waals surface area (Å²) >= 11 is 3.37. The van der Waals surface area contributed by atoms with Crippen LogP contribution in [-0.4, -0.2) is 23.5 Å². The molecule has 4 nitrogen and oxygen atoms in total. The van der Waals surface area contributed by atoms with E-state index in [9.17, 15) is 9.59 Å². The molecule has 0 bridgehead atoms. The number of halogens is 1. The first-order valence-corrected chi connectivity index (χ1v) is 5.51. The lowest BCUT2D eigenvalue weighted by atomic mass is 10.0. The molecule has 0 aliphatic heterocycles. The minimum absolute atomic E-state index is 0.280. The zero-order chi connectivity index (χ0) is 12.1. The van der Waals surface area contributed by atoms with Crippen molar-refractivity contribution in [3.8, 4) is 0 Å². The third-order valence-electron chi connectivity index (χ3n) is 2.23. The van der Waals surface area contributed by atoms with Gasteiger partial charge in [-0.15, -0.1) is 0 Å². The summed E-state index contributed by atoms with van der Waals surface area (Å²) in [7, 11) is 0. The Morgan fingerprint density at radius 2 is 2.31 bits per heavy atom. The van der Waals surface area contributed by atoms with Gasteiger partial charge in [-0.1, -0.05) is 28.1 Å². The van der Waals surface area contributed by atoms with Crippen LogP contribution < -0.4 is 5.32 Å². The fourth-order valence-corrected chi connectivity index (χ4v) is 1.62. The number of carboxylic acid groups (broad SMARTS) is 1. The van der Waals surface area contributed by atoms with E-state index in [-0.39, 0.29) is 6.42 Å². The van der Waals surface area contributed by atoms with Crippen LogP contribution in [0.25, 0.3) is 0 Å². The molecule has 0 fully saturated rings. The van der Waals surface area contributed by atoms with Gasteiger partial charge in [0.1, 0.15) is 6.04 Å². The maximum atomic E-state index is 10.8. The van der Waals surface area contributed by atoms with Gasteiger partial charge in [0.25, 0.3) is 0 Å². The van der Waals surface area contributed by atoms with Crippen LogP contribution in [0.3, 0.4) is 0 Å². The maximum absolute atomic E-state index is 10.8. The molecule has 1 unspecified atom stereocenters. The predicted molar refractivity (Wildman–Crippen MR) is 63.2 cm³/mol. The number of carboxylic acids is 1. The Balaban J connectivity index is 2.81. The second kappa shape index (κ2) is 5.65. The highest BCUT2D eigenvalue weighted by molar-refractivity contribution is 9.10. The van der Waals surface area contributed by atoms with Crippen LogP contribution in [0.1, 0.15) is 11.1 Å². The molecular weight excluding hydrogens is 274 g/mol. The van der Waals surface area contributed by atoms with Crippen molar-refractivity contribution in [1.29, 1.82) is 0 Å². The Hall–Kier alpha value is -1.36. The van der Waals surface area contributed by atoms with Crippen LogP contribution in [-0.2, 0) is 16.0 Å². The predicted octanol–water partition coefficient (Wildman–Crippen LogP) is 1.50. The van der Waals surface area contributed by atoms with E-state index in [2.05, 4.69) is 21.2 Å². The molecule has 16 heavy (non-hydrogen) atoms. The molecule has 1 aromatic carbocycles. The minimum Gasteiger partial charge on any atom is -0.480 e. The number of hydrogen-bond acceptors (Lipinski definition) is 2. The van der Waals surface area contributed by atoms with Gasteiger partial charge in [-0.25, -0.2) is 4.79 Å². The van der Waals surface area contributed by atoms with Crippen LogP contribution in [0, 0.1) is 6.92 Å². The minimum atomic E-state index is -1.03. The summed E-state index contributed by atoms with van der Waals surface area (Å²) in [4.78, 5) is 21.1. The summed E-state index contributed by atoms with van der Waals surface area (Å²) < 4.78 is 0.978. The number of aryl methyl sites for hydroxylation is 1. The largest absolute Gasteiger partial charge is 0.480 e. The van der Waals surface area contributed by atoms with Gasteiger partial charge >= 0.3 is 5.97 Å². The molecule has 0 saturated heterocycles. The molecule has 1 aromatic rings. The van der Waals surface area contributed by atoms with Crippen molar-refractivity contribution < 1.29 is 14.7 Å². The Morgan fingerprint density at radius 1 is 1.62 bits per heavy atom. The molecule has 0 saturated carbocycles. The average molecular weight is 286 g/mol. The van der Waals surface area contributed by atoms with Gasteiger partial charge in [-0.05, 0) is 24.1 Å². The van der Waals surface area contributed by atoms with E-state index >= 15 is 0 Å². The lowest BCUT2D eigenvalue weighted by Crippen LogP contribution is -2.37. The number of benzene rings is 1. The smallest absolute Gasteiger partial charge is 0.326 e. The van der Waals surface area contributed by atoms with Crippen molar-refractivity contribution in [1.82, 2.24) is 5.32 Å². The zero-order valence-electron chi connectivity index (χ0n) is 8.74. The van der Waals surface area contributed by atoms with Gasteiger partial charge in [0.15, 0.2) is 0 Å². The van der Waals surface area contributed by atoms with Crippen molar-refractivity contribution >= 4 is 28.3 Å². The van der Waals surface area contributed by atoms with Gasteiger partial charge in [-0.2, -0.15) is 0 Å². The molecule has 0 aliphatic carbocycles. The van der Waals surface area contributed by atoms with Crippen molar-refractivity contribution in [3.63, 3.8) is 0 Å². The molecule has 0 aromatic heterocycles. The van der Waals surface area contributed by atoms with Gasteiger partial charge in [-0.3, -0.25) is 4.79 Å². The number of carbonyl (C=O) groups is 2. The average Bonchev–Trinajstić information content (AvgIpc) is 2.22. The zero-order valence-corrected chi connectivity index (χ0v) is 10.3. The molecule has 0 aliphatic rings. The van der Waals surface area contributed by atoms with Crippen molar-refractivity contribution in [2.45, 2.75) is 19.4 Å². The molecule has 0 radical (unpaired) electrons. The quantitative estimate of drug-likeness (QED) is 0.806. The number of aliphatic carboxylic acids is 1. The summed E-state index contributed by atoms with van der Waals surface area (Å²) in [6.45, 7) is 1.93. The highest BCUT2D eigenvalue weighted by Crippen LogP contribution is 2.17. The van der Waals surface area contributed by atoms with E-state index in [4.69, 9.17) is 5.11 Å². The van der Waals surface area contributed by atoms with E-state index in [0.29, 0.717) is 6.41 Å². The number of carbonyl (C=O) groups excluding carboxylic acids is 1. The third kappa shape index (κ3) is 3.34. The summed E-state index contributed by atoms with van der Waals surface area (Å²) in [6, 6.07) is 4.72. The van der Waals surface area contributed by atoms with Gasteiger partial charge in [0.2, 0.25) is 6.41 Å². The molecular formula is C11H12BrNO3. The van der Waals surface area contributed by atoms with Crippen molar-refractivity contribution in [3.05, 3.63) is 33.8 Å². The topological polar surface area (TPSA) is 66.4 Å². The van der Waals surface area contributed by atoms with Crippen LogP contribution in [0.4, 0.5) is 0 Å². The van der Waals surface area contributed by atoms with Gasteiger partial charge in [0.05, 0.1) is 0 Å². The fraction of sp³-hybridized carbons (Fsp3) is 0.273. The van der Waals surface area contributed by atoms with Gasteiger partial charge < -0.3 is 10.4 Å². The highest BCUT2D eigenvalue weighted by Gasteiger charge is 2.16. The molecule has 1 amide bonds. The van der Waals surface area contributed by atoms with Crippen molar-refractivity contribution in [2.24, 2.45) is 0 Å². The van der Waals surface area contributed by atoms with E-state index in [1.165, 1.54) is 0 Å². The molecule has 1 atom stereocenters. The fourth-order valence-electron chi connectivity index (χ4n) is 1.37. The first-order valence-electron chi connectivity index (χ1n) is 4.72. The van der Waals surface area contributed by atoms with E-state index in [1.54, 1.807) is 0 Å². The Kier molecular flexibility index (Phi) is 4.49. The van der Waals surface area contributed by atoms with Crippen LogP contribution >= 0.6 is 15.9 Å². The Bertz CT molecular complexity index is 406. The summed E-state index contributed by atoms with van der Waals surface area (Å²) in [5, 5.41) is 11.1. The summed E-state index contributed by atoms with van der Waals surface area (Å²) in [5.41, 5.74) is 1.91. The summed E-state index contributed by atoms with van der Waals surface area (Å²) in [6.07, 6.45) is 0.687. The van der Waals surface area contributed by atoms with Crippen LogP contribution in [0.5, 0.6) is 0 Å². The number of nitrogens with one attached hydrogen (secondary N) is 1. The number of hydrogen-bond donors (Lipinski definition) is 2. The third-order valence-corrected chi connectivity index (χ3v) is 3.12. The number of amides is 1. The van der Waals surface area contributed by atoms with Crippen LogP contribution in [0.2, 0.25) is 0 Å². The normalized spacial score (nSPS) is 11.9. The molecule has 5 heteroatoms. The molecule has 0 heterocycles. The molecule has 86 valence electrons. The second-order valence-corrected chi connectivity index (χ2v) is 4.32. The van der Waals surface area contributed by atoms with Crippen LogP contribution in [0.15, 0.2) is 22.7 Å². The molecule has 0 spiro atoms. The highest BCUT2D eigenvalue weighted by atomic mass is 79.9. The standard InChI is InChI=1S/C11H12BrNO3/c1-7-4-8(2-3-9(7)12)5-10(11(15)16)13-6-14/h2-4,6,10H,5H2,1H3,(H,13,14)(H,15,16). The lowest BCUT2D eigenvalue weighted by molar-refractivity contribution is -0.140. The van der Waals surface area contributed by atoms with E-state index in [0.717, 1.165) is 15.6 Å². The van der Waals surface area contributed by atoms with E-state index in [1.807, 2.05) is 25.1 Å². The monoisotopic (exact) mass is 285 g/mol. The molecule has 2 N–H and O–H groups in total. The Labute approximate surface area is 102 Å². The van der Waals surface area contributed by atoms with E-state index < -0.39 is 12.0 Å². The SMILES string of the molecule is Cc1cc(CC(NC=O)C(=O)O)ccc1Br. The summed E-state index contributed by atoms with van der Waals surface area (Å²) in [5.74, 6) is -1.03. The van der Waals surface area contributed by atoms with Crippen molar-refractivity contribution in [2.75, 3.05) is 0 Å². The Morgan fingerprint density at radius 3 is 2.81 bits per heavy atom. The molecule has 1 rings (SSSR count). The second-order valence-electron chi connectivity index (χ2n) is 3.46. The first-order chi connectivity index (χ1) is 7.54. The number of rotatable bonds is 5. The lowest BCUT2D eigenvalue weighted by Gasteiger charge is -2.11.